The molecule has 1 fully saturated rings. The number of nitro groups is 1. The molecule has 1 aliphatic heterocycles. The van der Waals surface area contributed by atoms with Crippen molar-refractivity contribution in [3.63, 3.8) is 0 Å². The average Bonchev–Trinajstić information content (AvgIpc) is 3.19. The normalized spacial score (nSPS) is 14.1. The number of piperazine rings is 1. The summed E-state index contributed by atoms with van der Waals surface area (Å²) in [6.45, 7) is 4.26. The number of aromatic nitrogens is 4. The largest absolute Gasteiger partial charge is 0.353 e. The summed E-state index contributed by atoms with van der Waals surface area (Å²) in [7, 11) is 0. The molecule has 0 aliphatic carbocycles. The lowest BCUT2D eigenvalue weighted by Crippen LogP contribution is -2.49. The number of carbonyl (C=O) groups is 1. The fraction of sp³-hybridized carbons (Fsp3) is 0.263. The third-order valence-electron chi connectivity index (χ3n) is 4.93. The van der Waals surface area contributed by atoms with E-state index in [4.69, 9.17) is 0 Å². The molecule has 3 aromatic rings. The second-order valence-corrected chi connectivity index (χ2v) is 6.66. The number of amides is 1. The smallest absolute Gasteiger partial charge is 0.269 e. The van der Waals surface area contributed by atoms with Crippen molar-refractivity contribution in [1.29, 1.82) is 0 Å². The summed E-state index contributed by atoms with van der Waals surface area (Å²) in [5, 5.41) is 10.8. The van der Waals surface area contributed by atoms with E-state index in [2.05, 4.69) is 19.9 Å². The van der Waals surface area contributed by atoms with Crippen LogP contribution >= 0.6 is 0 Å². The molecule has 29 heavy (non-hydrogen) atoms. The molecule has 1 aliphatic rings. The van der Waals surface area contributed by atoms with Crippen LogP contribution in [0.25, 0.3) is 5.82 Å². The lowest BCUT2D eigenvalue weighted by molar-refractivity contribution is -0.384. The second kappa shape index (κ2) is 7.66. The topological polar surface area (TPSA) is 110 Å². The van der Waals surface area contributed by atoms with Crippen molar-refractivity contribution >= 4 is 17.4 Å². The van der Waals surface area contributed by atoms with Crippen LogP contribution in [0.1, 0.15) is 16.2 Å². The van der Waals surface area contributed by atoms with Crippen LogP contribution < -0.4 is 4.90 Å². The van der Waals surface area contributed by atoms with Gasteiger partial charge in [-0.25, -0.2) is 15.0 Å². The van der Waals surface area contributed by atoms with E-state index in [-0.39, 0.29) is 11.6 Å². The number of nitrogens with zero attached hydrogens (tertiary/aromatic N) is 7. The number of carbonyl (C=O) groups excluding carboxylic acids is 1. The van der Waals surface area contributed by atoms with Crippen LogP contribution in [0.4, 0.5) is 11.5 Å². The molecule has 0 radical (unpaired) electrons. The zero-order valence-corrected chi connectivity index (χ0v) is 15.8. The Bertz CT molecular complexity index is 1040. The summed E-state index contributed by atoms with van der Waals surface area (Å²) in [5.74, 6) is 2.25. The van der Waals surface area contributed by atoms with Gasteiger partial charge in [0.2, 0.25) is 0 Å². The minimum Gasteiger partial charge on any atom is -0.353 e. The summed E-state index contributed by atoms with van der Waals surface area (Å²) >= 11 is 0. The molecule has 2 aromatic heterocycles. The fourth-order valence-corrected chi connectivity index (χ4v) is 3.31. The SMILES string of the molecule is Cc1nccn1-c1cc(N2CCN(C(=O)c3ccc([N+](=O)[O-])cc3)CC2)ncn1. The first-order valence-electron chi connectivity index (χ1n) is 9.14. The highest BCUT2D eigenvalue weighted by atomic mass is 16.6. The Morgan fingerprint density at radius 1 is 1.03 bits per heavy atom. The predicted octanol–water partition coefficient (Wildman–Crippen LogP) is 1.84. The van der Waals surface area contributed by atoms with E-state index in [0.29, 0.717) is 31.7 Å². The Labute approximate surface area is 166 Å². The number of non-ortho nitro benzene ring substituents is 1. The summed E-state index contributed by atoms with van der Waals surface area (Å²) < 4.78 is 1.89. The highest BCUT2D eigenvalue weighted by Crippen LogP contribution is 2.19. The highest BCUT2D eigenvalue weighted by molar-refractivity contribution is 5.94. The van der Waals surface area contributed by atoms with Crippen molar-refractivity contribution in [3.05, 3.63) is 70.6 Å². The Balaban J connectivity index is 1.42. The first kappa shape index (κ1) is 18.5. The van der Waals surface area contributed by atoms with Crippen LogP contribution in [-0.2, 0) is 0 Å². The first-order valence-corrected chi connectivity index (χ1v) is 9.14. The third-order valence-corrected chi connectivity index (χ3v) is 4.93. The van der Waals surface area contributed by atoms with Gasteiger partial charge in [-0.2, -0.15) is 0 Å². The Morgan fingerprint density at radius 3 is 2.34 bits per heavy atom. The van der Waals surface area contributed by atoms with Crippen LogP contribution in [-0.4, -0.2) is 61.4 Å². The molecule has 0 bridgehead atoms. The predicted molar refractivity (Wildman–Crippen MR) is 105 cm³/mol. The zero-order valence-electron chi connectivity index (χ0n) is 15.8. The van der Waals surface area contributed by atoms with Crippen LogP contribution in [0.15, 0.2) is 49.1 Å². The minimum absolute atomic E-state index is 0.0286. The van der Waals surface area contributed by atoms with Crippen molar-refractivity contribution in [2.75, 3.05) is 31.1 Å². The quantitative estimate of drug-likeness (QED) is 0.491. The average molecular weight is 393 g/mol. The molecule has 10 nitrogen and oxygen atoms in total. The molecule has 148 valence electrons. The van der Waals surface area contributed by atoms with E-state index in [1.54, 1.807) is 11.1 Å². The standard InChI is InChI=1S/C19H19N7O3/c1-14-20-6-7-25(14)18-12-17(21-13-22-18)23-8-10-24(11-9-23)19(27)15-2-4-16(5-3-15)26(28)29/h2-7,12-13H,8-11H2,1H3. The molecular weight excluding hydrogens is 374 g/mol. The lowest BCUT2D eigenvalue weighted by Gasteiger charge is -2.35. The lowest BCUT2D eigenvalue weighted by atomic mass is 10.1. The summed E-state index contributed by atoms with van der Waals surface area (Å²) in [4.78, 5) is 39.7. The van der Waals surface area contributed by atoms with E-state index in [0.717, 1.165) is 17.5 Å². The molecule has 1 saturated heterocycles. The van der Waals surface area contributed by atoms with Gasteiger partial charge in [-0.15, -0.1) is 0 Å². The maximum atomic E-state index is 12.7. The molecule has 0 atom stereocenters. The van der Waals surface area contributed by atoms with Gasteiger partial charge in [0.25, 0.3) is 11.6 Å². The van der Waals surface area contributed by atoms with E-state index in [1.807, 2.05) is 23.8 Å². The highest BCUT2D eigenvalue weighted by Gasteiger charge is 2.23. The molecule has 0 N–H and O–H groups in total. The van der Waals surface area contributed by atoms with Gasteiger partial charge in [0.05, 0.1) is 4.92 Å². The maximum Gasteiger partial charge on any atom is 0.269 e. The molecular formula is C19H19N7O3. The molecule has 4 rings (SSSR count). The van der Waals surface area contributed by atoms with E-state index >= 15 is 0 Å². The van der Waals surface area contributed by atoms with Crippen molar-refractivity contribution < 1.29 is 9.72 Å². The third kappa shape index (κ3) is 3.77. The number of imidazole rings is 1. The Morgan fingerprint density at radius 2 is 1.72 bits per heavy atom. The van der Waals surface area contributed by atoms with Gasteiger partial charge < -0.3 is 9.80 Å². The van der Waals surface area contributed by atoms with Crippen molar-refractivity contribution in [2.45, 2.75) is 6.92 Å². The minimum atomic E-state index is -0.478. The summed E-state index contributed by atoms with van der Waals surface area (Å²) in [6, 6.07) is 7.60. The monoisotopic (exact) mass is 393 g/mol. The molecule has 0 spiro atoms. The number of nitro benzene ring substituents is 1. The molecule has 1 aromatic carbocycles. The summed E-state index contributed by atoms with van der Waals surface area (Å²) in [5.41, 5.74) is 0.419. The second-order valence-electron chi connectivity index (χ2n) is 6.66. The van der Waals surface area contributed by atoms with Gasteiger partial charge in [0, 0.05) is 62.3 Å². The van der Waals surface area contributed by atoms with Crippen molar-refractivity contribution in [3.8, 4) is 5.82 Å². The number of hydrogen-bond donors (Lipinski definition) is 0. The van der Waals surface area contributed by atoms with Gasteiger partial charge in [-0.3, -0.25) is 19.5 Å². The Kier molecular flexibility index (Phi) is 4.90. The van der Waals surface area contributed by atoms with Crippen LogP contribution in [0.2, 0.25) is 0 Å². The molecule has 0 unspecified atom stereocenters. The molecule has 0 saturated carbocycles. The molecule has 1 amide bonds. The van der Waals surface area contributed by atoms with Gasteiger partial charge >= 0.3 is 0 Å². The molecule has 3 heterocycles. The van der Waals surface area contributed by atoms with E-state index in [9.17, 15) is 14.9 Å². The summed E-state index contributed by atoms with van der Waals surface area (Å²) in [6.07, 6.45) is 5.10. The Hall–Kier alpha value is -3.82. The fourth-order valence-electron chi connectivity index (χ4n) is 3.31. The van der Waals surface area contributed by atoms with E-state index in [1.165, 1.54) is 30.6 Å². The number of hydrogen-bond acceptors (Lipinski definition) is 7. The van der Waals surface area contributed by atoms with Gasteiger partial charge in [0.15, 0.2) is 0 Å². The number of anilines is 1. The van der Waals surface area contributed by atoms with Gasteiger partial charge in [0.1, 0.15) is 23.8 Å². The molecule has 10 heteroatoms. The zero-order chi connectivity index (χ0) is 20.4. The van der Waals surface area contributed by atoms with E-state index < -0.39 is 4.92 Å². The van der Waals surface area contributed by atoms with Gasteiger partial charge in [-0.1, -0.05) is 0 Å². The van der Waals surface area contributed by atoms with Crippen LogP contribution in [0.3, 0.4) is 0 Å². The first-order chi connectivity index (χ1) is 14.0. The number of benzene rings is 1. The number of rotatable bonds is 4. The maximum absolute atomic E-state index is 12.7. The van der Waals surface area contributed by atoms with Crippen LogP contribution in [0, 0.1) is 17.0 Å². The van der Waals surface area contributed by atoms with Crippen LogP contribution in [0.5, 0.6) is 0 Å². The number of aryl methyl sites for hydroxylation is 1. The van der Waals surface area contributed by atoms with Gasteiger partial charge in [-0.05, 0) is 19.1 Å². The van der Waals surface area contributed by atoms with Crippen molar-refractivity contribution in [2.24, 2.45) is 0 Å². The van der Waals surface area contributed by atoms with Crippen molar-refractivity contribution in [1.82, 2.24) is 24.4 Å².